The number of hydrogen-bond donors (Lipinski definition) is 2. The van der Waals surface area contributed by atoms with Crippen LogP contribution in [0.4, 0.5) is 0 Å². The Labute approximate surface area is 116 Å². The second-order valence-electron chi connectivity index (χ2n) is 6.81. The lowest BCUT2D eigenvalue weighted by molar-refractivity contribution is -0.0274. The van der Waals surface area contributed by atoms with Crippen molar-refractivity contribution in [1.29, 1.82) is 0 Å². The maximum atomic E-state index is 9.67. The van der Waals surface area contributed by atoms with Crippen molar-refractivity contribution in [1.82, 2.24) is 5.32 Å². The molecule has 2 fully saturated rings. The quantitative estimate of drug-likeness (QED) is 0.707. The van der Waals surface area contributed by atoms with Crippen molar-refractivity contribution in [2.45, 2.75) is 75.7 Å². The van der Waals surface area contributed by atoms with Crippen molar-refractivity contribution in [3.8, 4) is 0 Å². The molecule has 0 aromatic carbocycles. The molecule has 0 saturated heterocycles. The highest BCUT2D eigenvalue weighted by molar-refractivity contribution is 5.01. The summed E-state index contributed by atoms with van der Waals surface area (Å²) >= 11 is 0. The minimum absolute atomic E-state index is 0.0807. The molecule has 0 amide bonds. The third-order valence-electron chi connectivity index (χ3n) is 4.56. The Hall–Kier alpha value is -0.160. The maximum Gasteiger partial charge on any atom is 0.0644 e. The first kappa shape index (κ1) is 15.2. The monoisotopic (exact) mass is 271 g/mol. The van der Waals surface area contributed by atoms with Crippen LogP contribution in [0, 0.1) is 0 Å². The molecule has 0 radical (unpaired) electrons. The van der Waals surface area contributed by atoms with E-state index in [1.165, 1.54) is 12.8 Å². The second kappa shape index (κ2) is 6.08. The highest BCUT2D eigenvalue weighted by atomic mass is 16.5. The van der Waals surface area contributed by atoms with Gasteiger partial charge in [-0.3, -0.25) is 0 Å². The maximum absolute atomic E-state index is 9.67. The molecule has 0 heterocycles. The molecule has 0 spiro atoms. The van der Waals surface area contributed by atoms with Crippen molar-refractivity contribution in [3.63, 3.8) is 0 Å². The van der Waals surface area contributed by atoms with Crippen LogP contribution in [0.15, 0.2) is 0 Å². The molecule has 0 bridgehead atoms. The highest BCUT2D eigenvalue weighted by Gasteiger charge is 2.42. The fraction of sp³-hybridized carbons (Fsp3) is 1.00. The topological polar surface area (TPSA) is 50.7 Å². The molecule has 2 atom stereocenters. The van der Waals surface area contributed by atoms with Crippen LogP contribution >= 0.6 is 0 Å². The van der Waals surface area contributed by atoms with Gasteiger partial charge in [-0.25, -0.2) is 0 Å². The minimum atomic E-state index is -0.112. The van der Waals surface area contributed by atoms with E-state index in [1.807, 2.05) is 0 Å². The van der Waals surface area contributed by atoms with E-state index in [0.717, 1.165) is 32.3 Å². The van der Waals surface area contributed by atoms with Gasteiger partial charge < -0.3 is 19.9 Å². The third kappa shape index (κ3) is 4.42. The number of rotatable bonds is 8. The Balaban J connectivity index is 1.71. The van der Waals surface area contributed by atoms with Gasteiger partial charge in [0.25, 0.3) is 0 Å². The lowest BCUT2D eigenvalue weighted by Crippen LogP contribution is -2.48. The molecule has 4 heteroatoms. The van der Waals surface area contributed by atoms with Gasteiger partial charge in [0.05, 0.1) is 18.3 Å². The zero-order valence-corrected chi connectivity index (χ0v) is 12.6. The molecule has 2 aliphatic rings. The number of aliphatic hydroxyl groups is 1. The zero-order valence-electron chi connectivity index (χ0n) is 12.6. The molecule has 19 heavy (non-hydrogen) atoms. The Morgan fingerprint density at radius 3 is 2.63 bits per heavy atom. The van der Waals surface area contributed by atoms with Gasteiger partial charge in [-0.05, 0) is 52.4 Å². The normalized spacial score (nSPS) is 31.9. The molecule has 0 aliphatic heterocycles. The summed E-state index contributed by atoms with van der Waals surface area (Å²) in [6, 6.07) is 0.637. The molecule has 2 unspecified atom stereocenters. The Bertz CT molecular complexity index is 291. The minimum Gasteiger partial charge on any atom is -0.394 e. The SMILES string of the molecule is COC(C)(C)CCOC1CCC(CO)(NC2CC2)C1. The summed E-state index contributed by atoms with van der Waals surface area (Å²) in [5.41, 5.74) is -0.193. The first-order valence-corrected chi connectivity index (χ1v) is 7.54. The van der Waals surface area contributed by atoms with Gasteiger partial charge in [-0.1, -0.05) is 0 Å². The van der Waals surface area contributed by atoms with E-state index in [2.05, 4.69) is 19.2 Å². The fourth-order valence-electron chi connectivity index (χ4n) is 2.77. The smallest absolute Gasteiger partial charge is 0.0644 e. The number of ether oxygens (including phenoxy) is 2. The number of methoxy groups -OCH3 is 1. The number of aliphatic hydroxyl groups excluding tert-OH is 1. The van der Waals surface area contributed by atoms with Crippen LogP contribution in [0.25, 0.3) is 0 Å². The summed E-state index contributed by atoms with van der Waals surface area (Å²) in [6.07, 6.45) is 6.72. The van der Waals surface area contributed by atoms with Crippen LogP contribution in [-0.4, -0.2) is 48.7 Å². The molecule has 2 aliphatic carbocycles. The van der Waals surface area contributed by atoms with E-state index < -0.39 is 0 Å². The van der Waals surface area contributed by atoms with Crippen LogP contribution in [-0.2, 0) is 9.47 Å². The number of hydrogen-bond acceptors (Lipinski definition) is 4. The largest absolute Gasteiger partial charge is 0.394 e. The van der Waals surface area contributed by atoms with Gasteiger partial charge in [0.2, 0.25) is 0 Å². The molecule has 0 aromatic rings. The average Bonchev–Trinajstić information content (AvgIpc) is 3.10. The van der Waals surface area contributed by atoms with Crippen LogP contribution in [0.3, 0.4) is 0 Å². The third-order valence-corrected chi connectivity index (χ3v) is 4.56. The van der Waals surface area contributed by atoms with Crippen molar-refractivity contribution < 1.29 is 14.6 Å². The zero-order chi connectivity index (χ0) is 13.9. The van der Waals surface area contributed by atoms with Crippen LogP contribution < -0.4 is 5.32 Å². The van der Waals surface area contributed by atoms with E-state index in [-0.39, 0.29) is 23.9 Å². The lowest BCUT2D eigenvalue weighted by Gasteiger charge is -2.29. The first-order chi connectivity index (χ1) is 8.99. The van der Waals surface area contributed by atoms with Gasteiger partial charge in [0, 0.05) is 25.3 Å². The second-order valence-corrected chi connectivity index (χ2v) is 6.81. The van der Waals surface area contributed by atoms with Gasteiger partial charge in [0.1, 0.15) is 0 Å². The molecule has 2 rings (SSSR count). The summed E-state index contributed by atoms with van der Waals surface area (Å²) in [5.74, 6) is 0. The Kier molecular flexibility index (Phi) is 4.88. The highest BCUT2D eigenvalue weighted by Crippen LogP contribution is 2.35. The molecule has 0 aromatic heterocycles. The predicted molar refractivity (Wildman–Crippen MR) is 75.3 cm³/mol. The van der Waals surface area contributed by atoms with Crippen molar-refractivity contribution in [3.05, 3.63) is 0 Å². The Morgan fingerprint density at radius 1 is 1.32 bits per heavy atom. The van der Waals surface area contributed by atoms with Gasteiger partial charge >= 0.3 is 0 Å². The van der Waals surface area contributed by atoms with Crippen LogP contribution in [0.2, 0.25) is 0 Å². The fourth-order valence-corrected chi connectivity index (χ4v) is 2.77. The number of nitrogens with one attached hydrogen (secondary N) is 1. The lowest BCUT2D eigenvalue weighted by atomic mass is 9.98. The first-order valence-electron chi connectivity index (χ1n) is 7.54. The van der Waals surface area contributed by atoms with Crippen molar-refractivity contribution in [2.24, 2.45) is 0 Å². The Morgan fingerprint density at radius 2 is 2.05 bits per heavy atom. The molecular weight excluding hydrogens is 242 g/mol. The van der Waals surface area contributed by atoms with E-state index in [1.54, 1.807) is 7.11 Å². The molecule has 4 nitrogen and oxygen atoms in total. The van der Waals surface area contributed by atoms with Crippen molar-refractivity contribution in [2.75, 3.05) is 20.3 Å². The van der Waals surface area contributed by atoms with Crippen LogP contribution in [0.5, 0.6) is 0 Å². The van der Waals surface area contributed by atoms with E-state index in [4.69, 9.17) is 9.47 Å². The van der Waals surface area contributed by atoms with Gasteiger partial charge in [-0.2, -0.15) is 0 Å². The molecule has 2 saturated carbocycles. The summed E-state index contributed by atoms with van der Waals surface area (Å²) in [7, 11) is 1.74. The van der Waals surface area contributed by atoms with E-state index >= 15 is 0 Å². The predicted octanol–water partition coefficient (Wildman–Crippen LogP) is 1.85. The summed E-state index contributed by atoms with van der Waals surface area (Å²) in [6.45, 7) is 5.12. The van der Waals surface area contributed by atoms with Crippen LogP contribution in [0.1, 0.15) is 52.4 Å². The van der Waals surface area contributed by atoms with Gasteiger partial charge in [0.15, 0.2) is 0 Å². The summed E-state index contributed by atoms with van der Waals surface area (Å²) in [4.78, 5) is 0. The van der Waals surface area contributed by atoms with Gasteiger partial charge in [-0.15, -0.1) is 0 Å². The summed E-state index contributed by atoms with van der Waals surface area (Å²) in [5, 5.41) is 13.3. The van der Waals surface area contributed by atoms with Crippen molar-refractivity contribution >= 4 is 0 Å². The standard InChI is InChI=1S/C15H29NO3/c1-14(2,18-3)8-9-19-13-6-7-15(10-13,11-17)16-12-4-5-12/h12-13,16-17H,4-11H2,1-3H3. The average molecular weight is 271 g/mol. The molecular formula is C15H29NO3. The molecule has 112 valence electrons. The molecule has 2 N–H and O–H groups in total. The van der Waals surface area contributed by atoms with E-state index in [0.29, 0.717) is 6.04 Å². The summed E-state index contributed by atoms with van der Waals surface area (Å²) < 4.78 is 11.4. The van der Waals surface area contributed by atoms with E-state index in [9.17, 15) is 5.11 Å².